The van der Waals surface area contributed by atoms with Crippen LogP contribution in [0.3, 0.4) is 0 Å². The molecular weight excluding hydrogens is 538 g/mol. The van der Waals surface area contributed by atoms with Crippen LogP contribution < -0.4 is 5.56 Å². The second-order valence-electron chi connectivity index (χ2n) is 12.1. The minimum Gasteiger partial charge on any atom is -0.292 e. The van der Waals surface area contributed by atoms with Crippen LogP contribution >= 0.6 is 0 Å². The van der Waals surface area contributed by atoms with Crippen molar-refractivity contribution in [1.82, 2.24) is 35.2 Å². The van der Waals surface area contributed by atoms with Gasteiger partial charge in [0.1, 0.15) is 11.9 Å². The van der Waals surface area contributed by atoms with E-state index in [0.29, 0.717) is 17.8 Å². The van der Waals surface area contributed by atoms with Crippen LogP contribution in [0, 0.1) is 0 Å². The van der Waals surface area contributed by atoms with Gasteiger partial charge in [0.15, 0.2) is 0 Å². The molecular formula is C34H37N7O2. The van der Waals surface area contributed by atoms with E-state index in [1.807, 2.05) is 34.9 Å². The van der Waals surface area contributed by atoms with Crippen LogP contribution in [0.4, 0.5) is 0 Å². The predicted octanol–water partition coefficient (Wildman–Crippen LogP) is 6.26. The van der Waals surface area contributed by atoms with Gasteiger partial charge in [0.05, 0.1) is 17.4 Å². The van der Waals surface area contributed by atoms with Gasteiger partial charge in [-0.3, -0.25) is 14.2 Å². The molecule has 0 bridgehead atoms. The van der Waals surface area contributed by atoms with Crippen LogP contribution in [0.2, 0.25) is 0 Å². The van der Waals surface area contributed by atoms with E-state index < -0.39 is 0 Å². The zero-order valence-corrected chi connectivity index (χ0v) is 24.8. The van der Waals surface area contributed by atoms with Crippen molar-refractivity contribution < 1.29 is 4.84 Å². The maximum atomic E-state index is 14.1. The van der Waals surface area contributed by atoms with E-state index in [2.05, 4.69) is 75.9 Å². The summed E-state index contributed by atoms with van der Waals surface area (Å²) in [6.45, 7) is 5.90. The predicted molar refractivity (Wildman–Crippen MR) is 166 cm³/mol. The normalized spacial score (nSPS) is 20.5. The number of unbranched alkanes of at least 4 members (excludes halogenated alkanes) is 1. The zero-order valence-electron chi connectivity index (χ0n) is 24.8. The Morgan fingerprint density at radius 3 is 2.65 bits per heavy atom. The summed E-state index contributed by atoms with van der Waals surface area (Å²) in [6.07, 6.45) is 7.23. The van der Waals surface area contributed by atoms with Crippen molar-refractivity contribution in [1.29, 1.82) is 0 Å². The molecule has 2 saturated heterocycles. The summed E-state index contributed by atoms with van der Waals surface area (Å²) in [5.41, 5.74) is 5.91. The highest BCUT2D eigenvalue weighted by molar-refractivity contribution is 5.80. The first-order valence-corrected chi connectivity index (χ1v) is 15.4. The van der Waals surface area contributed by atoms with Gasteiger partial charge in [0.25, 0.3) is 5.56 Å². The number of hydrogen-bond donors (Lipinski definition) is 1. The van der Waals surface area contributed by atoms with Crippen molar-refractivity contribution in [3.63, 3.8) is 0 Å². The molecule has 7 rings (SSSR count). The highest BCUT2D eigenvalue weighted by atomic mass is 16.7. The van der Waals surface area contributed by atoms with Gasteiger partial charge in [0, 0.05) is 30.5 Å². The lowest BCUT2D eigenvalue weighted by atomic mass is 9.85. The molecule has 0 saturated carbocycles. The van der Waals surface area contributed by atoms with Gasteiger partial charge < -0.3 is 0 Å². The third kappa shape index (κ3) is 5.28. The van der Waals surface area contributed by atoms with E-state index in [0.717, 1.165) is 77.8 Å². The Bertz CT molecular complexity index is 1800. The number of hydrogen-bond acceptors (Lipinski definition) is 7. The van der Waals surface area contributed by atoms with Crippen molar-refractivity contribution in [3.05, 3.63) is 94.0 Å². The molecule has 9 nitrogen and oxygen atoms in total. The number of fused-ring (bicyclic) bond motifs is 2. The number of aromatic amines is 1. The Kier molecular flexibility index (Phi) is 7.36. The standard InChI is InChI=1S/C34H37N7O2/c1-3-4-11-31-35-29-17-16-25(30-21-34(2)18-7-8-19-41(34)43-30)20-28(29)33(42)40(31)22-23-12-14-24(15-13-23)26-9-5-6-10-27(26)32-36-38-39-37-32/h5-6,9-10,12-17,20,30H,3-4,7-8,11,18-19,21-22H2,1-2H3,(H,36,37,38,39)/t30-,34-/m1/s1. The van der Waals surface area contributed by atoms with Crippen LogP contribution in [0.1, 0.15) is 75.4 Å². The second kappa shape index (κ2) is 11.5. The number of nitrogens with zero attached hydrogens (tertiary/aromatic N) is 6. The highest BCUT2D eigenvalue weighted by Crippen LogP contribution is 2.45. The summed E-state index contributed by atoms with van der Waals surface area (Å²) in [5.74, 6) is 1.39. The van der Waals surface area contributed by atoms with Gasteiger partial charge in [-0.2, -0.15) is 10.3 Å². The lowest BCUT2D eigenvalue weighted by Gasteiger charge is -2.36. The molecule has 0 aliphatic carbocycles. The van der Waals surface area contributed by atoms with E-state index in [4.69, 9.17) is 9.82 Å². The molecule has 2 aliphatic heterocycles. The lowest BCUT2D eigenvalue weighted by molar-refractivity contribution is -0.196. The van der Waals surface area contributed by atoms with Crippen LogP contribution in [-0.4, -0.2) is 47.3 Å². The van der Waals surface area contributed by atoms with E-state index in [-0.39, 0.29) is 17.2 Å². The number of aromatic nitrogens is 6. The highest BCUT2D eigenvalue weighted by Gasteiger charge is 2.45. The van der Waals surface area contributed by atoms with E-state index in [1.54, 1.807) is 0 Å². The van der Waals surface area contributed by atoms with E-state index in [1.165, 1.54) is 12.8 Å². The molecule has 0 unspecified atom stereocenters. The monoisotopic (exact) mass is 575 g/mol. The van der Waals surface area contributed by atoms with Crippen LogP contribution in [0.25, 0.3) is 33.4 Å². The van der Waals surface area contributed by atoms with Crippen molar-refractivity contribution in [3.8, 4) is 22.5 Å². The van der Waals surface area contributed by atoms with Gasteiger partial charge in [-0.25, -0.2) is 4.98 Å². The number of benzene rings is 3. The van der Waals surface area contributed by atoms with Gasteiger partial charge >= 0.3 is 0 Å². The Morgan fingerprint density at radius 2 is 1.88 bits per heavy atom. The van der Waals surface area contributed by atoms with Crippen molar-refractivity contribution >= 4 is 10.9 Å². The van der Waals surface area contributed by atoms with Gasteiger partial charge in [0.2, 0.25) is 5.82 Å². The molecule has 0 spiro atoms. The summed E-state index contributed by atoms with van der Waals surface area (Å²) in [7, 11) is 0. The molecule has 2 aromatic heterocycles. The molecule has 9 heteroatoms. The van der Waals surface area contributed by atoms with Gasteiger partial charge in [-0.1, -0.05) is 74.4 Å². The lowest BCUT2D eigenvalue weighted by Crippen LogP contribution is -2.43. The Morgan fingerprint density at radius 1 is 1.05 bits per heavy atom. The average Bonchev–Trinajstić information content (AvgIpc) is 3.70. The molecule has 2 atom stereocenters. The first kappa shape index (κ1) is 27.6. The number of piperidine rings is 1. The SMILES string of the molecule is CCCCc1nc2ccc([C@H]3C[C@@]4(C)CCCCN4O3)cc2c(=O)n1Cc1ccc(-c2ccccc2-c2nn[nH]n2)cc1. The fourth-order valence-electron chi connectivity index (χ4n) is 6.66. The summed E-state index contributed by atoms with van der Waals surface area (Å²) >= 11 is 0. The Balaban J connectivity index is 1.21. The third-order valence-electron chi connectivity index (χ3n) is 9.11. The maximum Gasteiger partial charge on any atom is 0.261 e. The van der Waals surface area contributed by atoms with Crippen molar-refractivity contribution in [2.45, 2.75) is 77.0 Å². The number of hydroxylamine groups is 2. The Labute approximate surface area is 250 Å². The number of H-pyrrole nitrogens is 1. The third-order valence-corrected chi connectivity index (χ3v) is 9.11. The van der Waals surface area contributed by atoms with E-state index in [9.17, 15) is 4.79 Å². The van der Waals surface area contributed by atoms with Crippen molar-refractivity contribution in [2.75, 3.05) is 6.54 Å². The molecule has 0 radical (unpaired) electrons. The first-order valence-electron chi connectivity index (χ1n) is 15.4. The number of tetrazole rings is 1. The van der Waals surface area contributed by atoms with E-state index >= 15 is 0 Å². The summed E-state index contributed by atoms with van der Waals surface area (Å²) in [6, 6.07) is 22.5. The molecule has 220 valence electrons. The minimum atomic E-state index is -0.0389. The molecule has 2 fully saturated rings. The topological polar surface area (TPSA) is 102 Å². The second-order valence-corrected chi connectivity index (χ2v) is 12.1. The van der Waals surface area contributed by atoms with Crippen LogP contribution in [0.5, 0.6) is 0 Å². The van der Waals surface area contributed by atoms with Crippen molar-refractivity contribution in [2.24, 2.45) is 0 Å². The minimum absolute atomic E-state index is 0.00594. The summed E-state index contributed by atoms with van der Waals surface area (Å²) in [4.78, 5) is 25.5. The Hall–Kier alpha value is -4.21. The summed E-state index contributed by atoms with van der Waals surface area (Å²) in [5, 5.41) is 17.4. The molecule has 1 N–H and O–H groups in total. The first-order chi connectivity index (χ1) is 21.0. The van der Waals surface area contributed by atoms with Crippen LogP contribution in [-0.2, 0) is 17.8 Å². The molecule has 0 amide bonds. The molecule has 4 heterocycles. The fourth-order valence-corrected chi connectivity index (χ4v) is 6.66. The molecule has 5 aromatic rings. The smallest absolute Gasteiger partial charge is 0.261 e. The number of aryl methyl sites for hydroxylation is 1. The zero-order chi connectivity index (χ0) is 29.4. The molecule has 3 aromatic carbocycles. The van der Waals surface area contributed by atoms with Crippen LogP contribution in [0.15, 0.2) is 71.5 Å². The van der Waals surface area contributed by atoms with Gasteiger partial charge in [-0.05, 0) is 65.8 Å². The number of rotatable bonds is 8. The quantitative estimate of drug-likeness (QED) is 0.233. The average molecular weight is 576 g/mol. The maximum absolute atomic E-state index is 14.1. The van der Waals surface area contributed by atoms with Gasteiger partial charge in [-0.15, -0.1) is 10.2 Å². The molecule has 2 aliphatic rings. The number of nitrogens with one attached hydrogen (secondary N) is 1. The summed E-state index contributed by atoms with van der Waals surface area (Å²) < 4.78 is 1.87. The fraction of sp³-hybridized carbons (Fsp3) is 0.382. The molecule has 43 heavy (non-hydrogen) atoms. The largest absolute Gasteiger partial charge is 0.292 e.